The van der Waals surface area contributed by atoms with Gasteiger partial charge in [-0.05, 0) is 25.0 Å². The highest BCUT2D eigenvalue weighted by molar-refractivity contribution is 6.09. The van der Waals surface area contributed by atoms with Gasteiger partial charge in [-0.15, -0.1) is 0 Å². The van der Waals surface area contributed by atoms with Crippen LogP contribution in [0, 0.1) is 6.92 Å². The normalized spacial score (nSPS) is 10.8. The summed E-state index contributed by atoms with van der Waals surface area (Å²) in [6, 6.07) is 7.72. The van der Waals surface area contributed by atoms with Crippen molar-refractivity contribution >= 4 is 22.4 Å². The lowest BCUT2D eigenvalue weighted by molar-refractivity contribution is 0.0950. The van der Waals surface area contributed by atoms with E-state index in [2.05, 4.69) is 20.5 Å². The van der Waals surface area contributed by atoms with Gasteiger partial charge in [0.05, 0.1) is 17.6 Å². The van der Waals surface area contributed by atoms with Gasteiger partial charge >= 0.3 is 0 Å². The van der Waals surface area contributed by atoms with E-state index in [9.17, 15) is 4.79 Å². The number of carbonyl (C=O) groups is 1. The number of fused-ring (bicyclic) bond motifs is 1. The zero-order valence-corrected chi connectivity index (χ0v) is 13.7. The van der Waals surface area contributed by atoms with Gasteiger partial charge in [-0.25, -0.2) is 4.98 Å². The number of aryl methyl sites for hydroxylation is 1. The lowest BCUT2D eigenvalue weighted by atomic mass is 9.98. The Morgan fingerprint density at radius 1 is 1.21 bits per heavy atom. The minimum absolute atomic E-state index is 0.247. The molecule has 6 heteroatoms. The van der Waals surface area contributed by atoms with E-state index in [1.807, 2.05) is 38.1 Å². The molecule has 0 bridgehead atoms. The minimum Gasteiger partial charge on any atom is -0.396 e. The van der Waals surface area contributed by atoms with Crippen molar-refractivity contribution in [3.8, 4) is 11.1 Å². The molecular weight excluding hydrogens is 302 g/mol. The van der Waals surface area contributed by atoms with Crippen LogP contribution < -0.4 is 11.1 Å². The van der Waals surface area contributed by atoms with E-state index in [-0.39, 0.29) is 11.6 Å². The third kappa shape index (κ3) is 2.78. The highest BCUT2D eigenvalue weighted by Crippen LogP contribution is 2.32. The number of aromatic nitrogens is 3. The zero-order chi connectivity index (χ0) is 17.1. The highest BCUT2D eigenvalue weighted by Gasteiger charge is 2.16. The van der Waals surface area contributed by atoms with E-state index in [0.29, 0.717) is 12.2 Å². The molecule has 6 nitrogen and oxygen atoms in total. The van der Waals surface area contributed by atoms with Gasteiger partial charge in [-0.1, -0.05) is 25.1 Å². The van der Waals surface area contributed by atoms with Crippen molar-refractivity contribution in [2.45, 2.75) is 20.3 Å². The number of amides is 1. The second-order valence-corrected chi connectivity index (χ2v) is 5.57. The highest BCUT2D eigenvalue weighted by atomic mass is 16.1. The monoisotopic (exact) mass is 321 g/mol. The van der Waals surface area contributed by atoms with Crippen molar-refractivity contribution in [3.05, 3.63) is 48.0 Å². The van der Waals surface area contributed by atoms with Crippen LogP contribution in [-0.4, -0.2) is 27.6 Å². The first-order valence-corrected chi connectivity index (χ1v) is 7.87. The molecular formula is C18H19N5O. The minimum atomic E-state index is -0.247. The number of benzene rings is 1. The average Bonchev–Trinajstić information content (AvgIpc) is 2.60. The van der Waals surface area contributed by atoms with Gasteiger partial charge in [0.2, 0.25) is 0 Å². The van der Waals surface area contributed by atoms with E-state index in [1.54, 1.807) is 12.4 Å². The lowest BCUT2D eigenvalue weighted by Gasteiger charge is -2.12. The third-order valence-electron chi connectivity index (χ3n) is 3.92. The molecule has 0 atom stereocenters. The largest absolute Gasteiger partial charge is 0.396 e. The fourth-order valence-corrected chi connectivity index (χ4v) is 2.69. The lowest BCUT2D eigenvalue weighted by Crippen LogP contribution is -2.26. The van der Waals surface area contributed by atoms with Crippen LogP contribution in [0.4, 0.5) is 5.69 Å². The van der Waals surface area contributed by atoms with Crippen LogP contribution in [0.3, 0.4) is 0 Å². The number of rotatable bonds is 4. The van der Waals surface area contributed by atoms with Gasteiger partial charge in [0, 0.05) is 29.1 Å². The predicted molar refractivity (Wildman–Crippen MR) is 94.5 cm³/mol. The summed E-state index contributed by atoms with van der Waals surface area (Å²) in [4.78, 5) is 16.5. The number of anilines is 1. The Labute approximate surface area is 140 Å². The molecule has 2 aromatic heterocycles. The summed E-state index contributed by atoms with van der Waals surface area (Å²) >= 11 is 0. The van der Waals surface area contributed by atoms with Gasteiger partial charge in [-0.2, -0.15) is 10.2 Å². The molecule has 122 valence electrons. The van der Waals surface area contributed by atoms with Crippen LogP contribution in [0.5, 0.6) is 0 Å². The maximum Gasteiger partial charge on any atom is 0.272 e. The third-order valence-corrected chi connectivity index (χ3v) is 3.92. The molecule has 0 saturated carbocycles. The number of nitrogens with zero attached hydrogens (tertiary/aromatic N) is 3. The fourth-order valence-electron chi connectivity index (χ4n) is 2.69. The van der Waals surface area contributed by atoms with Crippen molar-refractivity contribution in [1.82, 2.24) is 20.5 Å². The molecule has 0 aliphatic rings. The number of nitrogens with two attached hydrogens (primary N) is 1. The molecule has 0 radical (unpaired) electrons. The van der Waals surface area contributed by atoms with Gasteiger partial charge in [0.1, 0.15) is 0 Å². The molecule has 0 fully saturated rings. The predicted octanol–water partition coefficient (Wildman–Crippen LogP) is 2.72. The second-order valence-electron chi connectivity index (χ2n) is 5.57. The smallest absolute Gasteiger partial charge is 0.272 e. The number of hydrogen-bond acceptors (Lipinski definition) is 5. The molecule has 0 spiro atoms. The van der Waals surface area contributed by atoms with Crippen LogP contribution in [-0.2, 0) is 0 Å². The maximum absolute atomic E-state index is 12.2. The van der Waals surface area contributed by atoms with Crippen molar-refractivity contribution in [2.75, 3.05) is 12.3 Å². The Bertz CT molecular complexity index is 907. The van der Waals surface area contributed by atoms with Crippen LogP contribution in [0.1, 0.15) is 29.5 Å². The Kier molecular flexibility index (Phi) is 4.37. The fraction of sp³-hybridized carbons (Fsp3) is 0.222. The van der Waals surface area contributed by atoms with E-state index in [4.69, 9.17) is 5.73 Å². The van der Waals surface area contributed by atoms with Crippen molar-refractivity contribution in [2.24, 2.45) is 0 Å². The number of nitrogens with one attached hydrogen (secondary N) is 1. The van der Waals surface area contributed by atoms with Crippen molar-refractivity contribution in [1.29, 1.82) is 0 Å². The molecule has 0 saturated heterocycles. The molecule has 3 N–H and O–H groups in total. The Hall–Kier alpha value is -3.02. The summed E-state index contributed by atoms with van der Waals surface area (Å²) in [6.45, 7) is 4.50. The summed E-state index contributed by atoms with van der Waals surface area (Å²) in [5.41, 5.74) is 9.65. The Morgan fingerprint density at radius 3 is 2.79 bits per heavy atom. The average molecular weight is 321 g/mol. The molecule has 2 heterocycles. The van der Waals surface area contributed by atoms with E-state index >= 15 is 0 Å². The quantitative estimate of drug-likeness (QED) is 0.770. The van der Waals surface area contributed by atoms with Crippen molar-refractivity contribution < 1.29 is 4.79 Å². The molecule has 1 aromatic carbocycles. The van der Waals surface area contributed by atoms with Crippen LogP contribution in [0.15, 0.2) is 36.7 Å². The van der Waals surface area contributed by atoms with E-state index in [1.165, 1.54) is 0 Å². The van der Waals surface area contributed by atoms with Gasteiger partial charge < -0.3 is 11.1 Å². The van der Waals surface area contributed by atoms with E-state index in [0.717, 1.165) is 34.0 Å². The molecule has 0 aliphatic heterocycles. The van der Waals surface area contributed by atoms with Gasteiger partial charge in [0.15, 0.2) is 5.69 Å². The Balaban J connectivity index is 2.15. The van der Waals surface area contributed by atoms with Crippen LogP contribution in [0.25, 0.3) is 21.9 Å². The first-order chi connectivity index (χ1) is 11.6. The zero-order valence-electron chi connectivity index (χ0n) is 13.7. The summed E-state index contributed by atoms with van der Waals surface area (Å²) in [5.74, 6) is -0.247. The standard InChI is InChI=1S/C18H19N5O/c1-3-8-20-18(24)17-16(19)14-6-4-5-13(15(14)10-21-17)12-7-9-22-23-11(12)2/h4-7,9-10H,3,8,19H2,1-2H3,(H,20,24). The van der Waals surface area contributed by atoms with Gasteiger partial charge in [0.25, 0.3) is 5.91 Å². The molecule has 1 amide bonds. The summed E-state index contributed by atoms with van der Waals surface area (Å²) < 4.78 is 0. The topological polar surface area (TPSA) is 93.8 Å². The van der Waals surface area contributed by atoms with Crippen molar-refractivity contribution in [3.63, 3.8) is 0 Å². The van der Waals surface area contributed by atoms with E-state index < -0.39 is 0 Å². The Morgan fingerprint density at radius 2 is 2.04 bits per heavy atom. The molecule has 3 aromatic rings. The summed E-state index contributed by atoms with van der Waals surface area (Å²) in [7, 11) is 0. The number of nitrogen functional groups attached to an aromatic ring is 1. The first-order valence-electron chi connectivity index (χ1n) is 7.87. The maximum atomic E-state index is 12.2. The number of carbonyl (C=O) groups excluding carboxylic acids is 1. The number of pyridine rings is 1. The second kappa shape index (κ2) is 6.62. The molecule has 0 aliphatic carbocycles. The SMILES string of the molecule is CCCNC(=O)c1ncc2c(-c3ccnnc3C)cccc2c1N. The number of hydrogen-bond donors (Lipinski definition) is 2. The summed E-state index contributed by atoms with van der Waals surface area (Å²) in [5, 5.41) is 12.5. The molecule has 0 unspecified atom stereocenters. The van der Waals surface area contributed by atoms with Crippen LogP contribution in [0.2, 0.25) is 0 Å². The molecule has 3 rings (SSSR count). The summed E-state index contributed by atoms with van der Waals surface area (Å²) in [6.07, 6.45) is 4.21. The first kappa shape index (κ1) is 15.9. The molecule has 24 heavy (non-hydrogen) atoms. The van der Waals surface area contributed by atoms with Crippen LogP contribution >= 0.6 is 0 Å². The van der Waals surface area contributed by atoms with Gasteiger partial charge in [-0.3, -0.25) is 4.79 Å².